The van der Waals surface area contributed by atoms with Crippen LogP contribution in [0.5, 0.6) is 0 Å². The Morgan fingerprint density at radius 1 is 1.50 bits per heavy atom. The summed E-state index contributed by atoms with van der Waals surface area (Å²) in [6.07, 6.45) is 2.32. The number of amides is 1. The van der Waals surface area contributed by atoms with Gasteiger partial charge in [0.2, 0.25) is 5.91 Å². The lowest BCUT2D eigenvalue weighted by Gasteiger charge is -2.04. The Morgan fingerprint density at radius 3 is 2.95 bits per heavy atom. The molecule has 2 aromatic rings. The topological polar surface area (TPSA) is 90.3 Å². The summed E-state index contributed by atoms with van der Waals surface area (Å²) in [4.78, 5) is 39.0. The quantitative estimate of drug-likeness (QED) is 0.648. The van der Waals surface area contributed by atoms with Crippen LogP contribution in [-0.4, -0.2) is 34.3 Å². The van der Waals surface area contributed by atoms with E-state index >= 15 is 0 Å². The second-order valence-electron chi connectivity index (χ2n) is 4.38. The fourth-order valence-corrected chi connectivity index (χ4v) is 2.70. The highest BCUT2D eigenvalue weighted by Crippen LogP contribution is 2.23. The van der Waals surface area contributed by atoms with Crippen molar-refractivity contribution in [2.75, 3.05) is 11.9 Å². The van der Waals surface area contributed by atoms with Crippen LogP contribution in [0.15, 0.2) is 18.3 Å². The number of aromatic nitrogens is 2. The van der Waals surface area contributed by atoms with Gasteiger partial charge in [-0.1, -0.05) is 11.3 Å². The summed E-state index contributed by atoms with van der Waals surface area (Å²) in [5.74, 6) is -0.782. The first-order valence-corrected chi connectivity index (χ1v) is 7.41. The monoisotopic (exact) mass is 321 g/mol. The molecule has 0 fully saturated rings. The zero-order valence-corrected chi connectivity index (χ0v) is 13.0. The largest absolute Gasteiger partial charge is 0.462 e. The number of esters is 1. The van der Waals surface area contributed by atoms with Crippen molar-refractivity contribution >= 4 is 34.6 Å². The molecule has 0 aliphatic heterocycles. The molecule has 7 nitrogen and oxygen atoms in total. The summed E-state index contributed by atoms with van der Waals surface area (Å²) in [7, 11) is 0. The lowest BCUT2D eigenvalue weighted by atomic mass is 10.4. The molecule has 0 aromatic carbocycles. The van der Waals surface area contributed by atoms with Crippen LogP contribution in [0.3, 0.4) is 0 Å². The summed E-state index contributed by atoms with van der Waals surface area (Å²) in [5.41, 5.74) is 0.922. The number of rotatable bonds is 6. The Labute approximate surface area is 130 Å². The first-order valence-electron chi connectivity index (χ1n) is 6.59. The first-order chi connectivity index (χ1) is 10.5. The van der Waals surface area contributed by atoms with Crippen LogP contribution in [0.2, 0.25) is 0 Å². The molecule has 0 saturated carbocycles. The minimum Gasteiger partial charge on any atom is -0.462 e. The predicted octanol–water partition coefficient (Wildman–Crippen LogP) is 1.88. The SMILES string of the molecule is CCOC(=O)c1sc(NC(=O)Cn2cccc2C=O)nc1C. The number of aryl methyl sites for hydroxylation is 1. The van der Waals surface area contributed by atoms with Gasteiger partial charge in [0, 0.05) is 6.20 Å². The molecule has 0 aliphatic rings. The molecule has 8 heteroatoms. The number of anilines is 1. The number of carbonyl (C=O) groups excluding carboxylic acids is 3. The van der Waals surface area contributed by atoms with Gasteiger partial charge in [0.25, 0.3) is 0 Å². The molecule has 2 heterocycles. The molecule has 0 atom stereocenters. The van der Waals surface area contributed by atoms with Crippen molar-refractivity contribution in [3.63, 3.8) is 0 Å². The van der Waals surface area contributed by atoms with Crippen LogP contribution >= 0.6 is 11.3 Å². The number of nitrogens with zero attached hydrogens (tertiary/aromatic N) is 2. The fraction of sp³-hybridized carbons (Fsp3) is 0.286. The van der Waals surface area contributed by atoms with E-state index in [1.54, 1.807) is 32.2 Å². The highest BCUT2D eigenvalue weighted by Gasteiger charge is 2.17. The van der Waals surface area contributed by atoms with E-state index in [1.807, 2.05) is 0 Å². The van der Waals surface area contributed by atoms with Gasteiger partial charge in [-0.2, -0.15) is 0 Å². The van der Waals surface area contributed by atoms with Crippen molar-refractivity contribution in [3.8, 4) is 0 Å². The van der Waals surface area contributed by atoms with Crippen LogP contribution in [0, 0.1) is 6.92 Å². The number of aldehydes is 1. The van der Waals surface area contributed by atoms with Crippen molar-refractivity contribution in [1.82, 2.24) is 9.55 Å². The highest BCUT2D eigenvalue weighted by atomic mass is 32.1. The fourth-order valence-electron chi connectivity index (χ4n) is 1.83. The van der Waals surface area contributed by atoms with E-state index < -0.39 is 5.97 Å². The lowest BCUT2D eigenvalue weighted by molar-refractivity contribution is -0.116. The third kappa shape index (κ3) is 3.59. The number of hydrogen-bond acceptors (Lipinski definition) is 6. The molecule has 0 aliphatic carbocycles. The summed E-state index contributed by atoms with van der Waals surface area (Å²) in [5, 5.41) is 2.94. The second-order valence-corrected chi connectivity index (χ2v) is 5.38. The first kappa shape index (κ1) is 15.9. The summed E-state index contributed by atoms with van der Waals surface area (Å²) < 4.78 is 6.44. The van der Waals surface area contributed by atoms with Gasteiger partial charge in [-0.05, 0) is 26.0 Å². The maximum absolute atomic E-state index is 12.0. The smallest absolute Gasteiger partial charge is 0.350 e. The molecular weight excluding hydrogens is 306 g/mol. The minimum absolute atomic E-state index is 0.00552. The molecule has 2 rings (SSSR count). The molecule has 0 radical (unpaired) electrons. The van der Waals surface area contributed by atoms with E-state index in [9.17, 15) is 14.4 Å². The molecular formula is C14H15N3O4S. The third-order valence-corrected chi connectivity index (χ3v) is 3.86. The molecule has 116 valence electrons. The van der Waals surface area contributed by atoms with Gasteiger partial charge < -0.3 is 14.6 Å². The van der Waals surface area contributed by atoms with E-state index in [4.69, 9.17) is 4.74 Å². The predicted molar refractivity (Wildman–Crippen MR) is 81.3 cm³/mol. The zero-order valence-electron chi connectivity index (χ0n) is 12.2. The Hall–Kier alpha value is -2.48. The molecule has 22 heavy (non-hydrogen) atoms. The normalized spacial score (nSPS) is 10.3. The second kappa shape index (κ2) is 6.99. The van der Waals surface area contributed by atoms with Gasteiger partial charge in [0.05, 0.1) is 18.0 Å². The van der Waals surface area contributed by atoms with Crippen molar-refractivity contribution in [2.24, 2.45) is 0 Å². The van der Waals surface area contributed by atoms with E-state index in [0.717, 1.165) is 11.3 Å². The lowest BCUT2D eigenvalue weighted by Crippen LogP contribution is -2.19. The number of carbonyl (C=O) groups is 3. The molecule has 0 unspecified atom stereocenters. The number of nitrogens with one attached hydrogen (secondary N) is 1. The average Bonchev–Trinajstić information content (AvgIpc) is 3.05. The Morgan fingerprint density at radius 2 is 2.27 bits per heavy atom. The highest BCUT2D eigenvalue weighted by molar-refractivity contribution is 7.17. The average molecular weight is 321 g/mol. The van der Waals surface area contributed by atoms with Gasteiger partial charge >= 0.3 is 5.97 Å². The van der Waals surface area contributed by atoms with Gasteiger partial charge in [0.1, 0.15) is 11.4 Å². The standard InChI is InChI=1S/C14H15N3O4S/c1-3-21-13(20)12-9(2)15-14(22-12)16-11(19)7-17-6-4-5-10(17)8-18/h4-6,8H,3,7H2,1-2H3,(H,15,16,19). The van der Waals surface area contributed by atoms with E-state index in [2.05, 4.69) is 10.3 Å². The summed E-state index contributed by atoms with van der Waals surface area (Å²) in [6.45, 7) is 3.67. The Kier molecular flexibility index (Phi) is 5.05. The van der Waals surface area contributed by atoms with Gasteiger partial charge in [-0.15, -0.1) is 0 Å². The van der Waals surface area contributed by atoms with E-state index in [-0.39, 0.29) is 19.1 Å². The third-order valence-electron chi connectivity index (χ3n) is 2.80. The van der Waals surface area contributed by atoms with E-state index in [0.29, 0.717) is 27.7 Å². The number of thiazole rings is 1. The van der Waals surface area contributed by atoms with E-state index in [1.165, 1.54) is 4.57 Å². The molecule has 0 bridgehead atoms. The molecule has 2 aromatic heterocycles. The van der Waals surface area contributed by atoms with Crippen molar-refractivity contribution in [1.29, 1.82) is 0 Å². The van der Waals surface area contributed by atoms with Crippen molar-refractivity contribution in [3.05, 3.63) is 34.6 Å². The Bertz CT molecular complexity index is 705. The zero-order chi connectivity index (χ0) is 16.1. The van der Waals surface area contributed by atoms with Crippen molar-refractivity contribution in [2.45, 2.75) is 20.4 Å². The van der Waals surface area contributed by atoms with Crippen LogP contribution in [0.25, 0.3) is 0 Å². The molecule has 1 N–H and O–H groups in total. The van der Waals surface area contributed by atoms with Gasteiger partial charge in [-0.3, -0.25) is 9.59 Å². The molecule has 1 amide bonds. The Balaban J connectivity index is 2.04. The number of hydrogen-bond donors (Lipinski definition) is 1. The van der Waals surface area contributed by atoms with Gasteiger partial charge in [-0.25, -0.2) is 9.78 Å². The maximum atomic E-state index is 12.0. The van der Waals surface area contributed by atoms with Crippen LogP contribution in [0.1, 0.15) is 32.8 Å². The van der Waals surface area contributed by atoms with Crippen LogP contribution in [0.4, 0.5) is 5.13 Å². The van der Waals surface area contributed by atoms with Crippen LogP contribution in [-0.2, 0) is 16.1 Å². The van der Waals surface area contributed by atoms with Crippen LogP contribution < -0.4 is 5.32 Å². The van der Waals surface area contributed by atoms with Crippen molar-refractivity contribution < 1.29 is 19.1 Å². The summed E-state index contributed by atoms with van der Waals surface area (Å²) in [6, 6.07) is 3.30. The summed E-state index contributed by atoms with van der Waals surface area (Å²) >= 11 is 1.06. The van der Waals surface area contributed by atoms with Gasteiger partial charge in [0.15, 0.2) is 11.4 Å². The molecule has 0 saturated heterocycles. The number of ether oxygens (including phenoxy) is 1. The minimum atomic E-state index is -0.452. The molecule has 0 spiro atoms. The maximum Gasteiger partial charge on any atom is 0.350 e.